The second kappa shape index (κ2) is 5.28. The van der Waals surface area contributed by atoms with Gasteiger partial charge in [0.25, 0.3) is 5.91 Å². The Labute approximate surface area is 118 Å². The average Bonchev–Trinajstić information content (AvgIpc) is 3.10. The fourth-order valence-corrected chi connectivity index (χ4v) is 2.10. The average molecular weight is 299 g/mol. The smallest absolute Gasteiger partial charge is 0.274 e. The highest BCUT2D eigenvalue weighted by atomic mass is 32.2. The molecule has 20 heavy (non-hydrogen) atoms. The predicted octanol–water partition coefficient (Wildman–Crippen LogP) is 0.696. The van der Waals surface area contributed by atoms with E-state index in [1.165, 1.54) is 17.2 Å². The number of pyridine rings is 1. The zero-order valence-corrected chi connectivity index (χ0v) is 12.4. The summed E-state index contributed by atoms with van der Waals surface area (Å²) in [5, 5.41) is 0. The summed E-state index contributed by atoms with van der Waals surface area (Å²) in [5.41, 5.74) is 0.174. The molecule has 0 spiro atoms. The van der Waals surface area contributed by atoms with Crippen molar-refractivity contribution < 1.29 is 17.9 Å². The normalized spacial score (nSPS) is 14.8. The lowest BCUT2D eigenvalue weighted by Gasteiger charge is -2.15. The third-order valence-corrected chi connectivity index (χ3v) is 3.18. The van der Waals surface area contributed by atoms with E-state index in [2.05, 4.69) is 9.71 Å². The summed E-state index contributed by atoms with van der Waals surface area (Å²) in [6, 6.07) is 1.49. The first-order valence-corrected chi connectivity index (χ1v) is 8.01. The molecule has 1 saturated carbocycles. The Morgan fingerprint density at radius 3 is 2.60 bits per heavy atom. The minimum absolute atomic E-state index is 0.0450. The first-order valence-electron chi connectivity index (χ1n) is 6.12. The van der Waals surface area contributed by atoms with Crippen LogP contribution < -0.4 is 9.46 Å². The fraction of sp³-hybridized carbons (Fsp3) is 0.500. The number of carbonyl (C=O) groups excluding carboxylic acids is 1. The summed E-state index contributed by atoms with van der Waals surface area (Å²) in [4.78, 5) is 17.3. The van der Waals surface area contributed by atoms with Gasteiger partial charge in [-0.3, -0.25) is 9.52 Å². The van der Waals surface area contributed by atoms with Crippen LogP contribution in [-0.2, 0) is 10.0 Å². The van der Waals surface area contributed by atoms with Crippen LogP contribution in [0.1, 0.15) is 23.3 Å². The summed E-state index contributed by atoms with van der Waals surface area (Å²) >= 11 is 0. The zero-order valence-electron chi connectivity index (χ0n) is 11.6. The molecule has 7 nitrogen and oxygen atoms in total. The minimum atomic E-state index is -3.50. The van der Waals surface area contributed by atoms with Crippen molar-refractivity contribution in [3.05, 3.63) is 18.0 Å². The Bertz CT molecular complexity index is 624. The Morgan fingerprint density at radius 2 is 2.10 bits per heavy atom. The molecule has 0 aliphatic heterocycles. The van der Waals surface area contributed by atoms with Crippen LogP contribution in [0.4, 0.5) is 5.69 Å². The van der Waals surface area contributed by atoms with Gasteiger partial charge in [0.1, 0.15) is 5.75 Å². The molecule has 0 bridgehead atoms. The van der Waals surface area contributed by atoms with Crippen molar-refractivity contribution in [1.82, 2.24) is 9.88 Å². The van der Waals surface area contributed by atoms with Gasteiger partial charge in [0.05, 0.1) is 24.2 Å². The molecule has 0 atom stereocenters. The Kier molecular flexibility index (Phi) is 3.85. The molecule has 1 heterocycles. The van der Waals surface area contributed by atoms with Gasteiger partial charge in [-0.05, 0) is 12.8 Å². The van der Waals surface area contributed by atoms with Crippen molar-refractivity contribution in [2.45, 2.75) is 18.9 Å². The van der Waals surface area contributed by atoms with E-state index in [9.17, 15) is 13.2 Å². The van der Waals surface area contributed by atoms with E-state index in [1.807, 2.05) is 0 Å². The van der Waals surface area contributed by atoms with Crippen LogP contribution in [0.25, 0.3) is 0 Å². The van der Waals surface area contributed by atoms with E-state index in [1.54, 1.807) is 14.1 Å². The van der Waals surface area contributed by atoms with Gasteiger partial charge in [0.2, 0.25) is 10.0 Å². The van der Waals surface area contributed by atoms with Crippen molar-refractivity contribution in [2.24, 2.45) is 0 Å². The molecular weight excluding hydrogens is 282 g/mol. The molecule has 110 valence electrons. The van der Waals surface area contributed by atoms with E-state index >= 15 is 0 Å². The fourth-order valence-electron chi connectivity index (χ4n) is 1.55. The van der Waals surface area contributed by atoms with Gasteiger partial charge in [-0.1, -0.05) is 0 Å². The first-order chi connectivity index (χ1) is 9.26. The molecular formula is C12H17N3O4S. The summed E-state index contributed by atoms with van der Waals surface area (Å²) in [6.07, 6.45) is 4.58. The Balaban J connectivity index is 2.36. The van der Waals surface area contributed by atoms with Crippen LogP contribution in [0.15, 0.2) is 12.3 Å². The van der Waals surface area contributed by atoms with Crippen molar-refractivity contribution in [2.75, 3.05) is 25.1 Å². The Hall–Kier alpha value is -1.83. The van der Waals surface area contributed by atoms with Crippen molar-refractivity contribution in [3.8, 4) is 5.75 Å². The highest BCUT2D eigenvalue weighted by Gasteiger charge is 2.25. The number of hydrogen-bond acceptors (Lipinski definition) is 5. The molecule has 1 aliphatic carbocycles. The third kappa shape index (κ3) is 3.83. The van der Waals surface area contributed by atoms with Crippen molar-refractivity contribution in [1.29, 1.82) is 0 Å². The number of amides is 1. The van der Waals surface area contributed by atoms with Crippen LogP contribution in [0.5, 0.6) is 5.75 Å². The van der Waals surface area contributed by atoms with Gasteiger partial charge in [0, 0.05) is 20.2 Å². The number of sulfonamides is 1. The number of nitrogens with zero attached hydrogens (tertiary/aromatic N) is 2. The summed E-state index contributed by atoms with van der Waals surface area (Å²) in [7, 11) is -0.360. The molecule has 2 rings (SSSR count). The number of nitrogens with one attached hydrogen (secondary N) is 1. The lowest BCUT2D eigenvalue weighted by Crippen LogP contribution is -2.25. The van der Waals surface area contributed by atoms with Crippen LogP contribution in [0, 0.1) is 0 Å². The van der Waals surface area contributed by atoms with Crippen LogP contribution in [-0.4, -0.2) is 50.7 Å². The Morgan fingerprint density at radius 1 is 1.45 bits per heavy atom. The monoisotopic (exact) mass is 299 g/mol. The highest BCUT2D eigenvalue weighted by Crippen LogP contribution is 2.29. The third-order valence-electron chi connectivity index (χ3n) is 2.59. The largest absolute Gasteiger partial charge is 0.489 e. The maximum atomic E-state index is 12.0. The number of anilines is 1. The standard InChI is InChI=1S/C12H17N3O4S/c1-15(2)12(16)11-10(14-20(3,17)18)6-9(7-13-11)19-8-4-5-8/h6-8,14H,4-5H2,1-3H3. The van der Waals surface area contributed by atoms with Gasteiger partial charge >= 0.3 is 0 Å². The number of carbonyl (C=O) groups is 1. The van der Waals surface area contributed by atoms with Gasteiger partial charge in [-0.25, -0.2) is 13.4 Å². The second-order valence-corrected chi connectivity index (χ2v) is 6.71. The SMILES string of the molecule is CN(C)C(=O)c1ncc(OC2CC2)cc1NS(C)(=O)=O. The van der Waals surface area contributed by atoms with E-state index in [0.717, 1.165) is 19.1 Å². The van der Waals surface area contributed by atoms with E-state index in [-0.39, 0.29) is 23.4 Å². The summed E-state index contributed by atoms with van der Waals surface area (Å²) < 4.78 is 30.6. The minimum Gasteiger partial charge on any atom is -0.489 e. The molecule has 1 aliphatic rings. The van der Waals surface area contributed by atoms with E-state index < -0.39 is 10.0 Å². The number of rotatable bonds is 5. The molecule has 8 heteroatoms. The van der Waals surface area contributed by atoms with Crippen LogP contribution in [0.2, 0.25) is 0 Å². The highest BCUT2D eigenvalue weighted by molar-refractivity contribution is 7.92. The molecule has 1 N–H and O–H groups in total. The second-order valence-electron chi connectivity index (χ2n) is 4.96. The lowest BCUT2D eigenvalue weighted by molar-refractivity contribution is 0.0823. The number of hydrogen-bond donors (Lipinski definition) is 1. The van der Waals surface area contributed by atoms with E-state index in [0.29, 0.717) is 5.75 Å². The lowest BCUT2D eigenvalue weighted by atomic mass is 10.2. The zero-order chi connectivity index (χ0) is 14.9. The van der Waals surface area contributed by atoms with Gasteiger partial charge in [-0.2, -0.15) is 0 Å². The molecule has 1 fully saturated rings. The molecule has 1 amide bonds. The molecule has 0 unspecified atom stereocenters. The number of aromatic nitrogens is 1. The molecule has 1 aromatic heterocycles. The maximum Gasteiger partial charge on any atom is 0.274 e. The van der Waals surface area contributed by atoms with Crippen molar-refractivity contribution in [3.63, 3.8) is 0 Å². The summed E-state index contributed by atoms with van der Waals surface area (Å²) in [5.74, 6) is 0.0723. The first kappa shape index (κ1) is 14.6. The van der Waals surface area contributed by atoms with E-state index in [4.69, 9.17) is 4.74 Å². The number of ether oxygens (including phenoxy) is 1. The van der Waals surface area contributed by atoms with Crippen LogP contribution >= 0.6 is 0 Å². The molecule has 0 radical (unpaired) electrons. The molecule has 1 aromatic rings. The van der Waals surface area contributed by atoms with Gasteiger partial charge in [0.15, 0.2) is 5.69 Å². The van der Waals surface area contributed by atoms with Gasteiger partial charge in [-0.15, -0.1) is 0 Å². The molecule has 0 saturated heterocycles. The van der Waals surface area contributed by atoms with Gasteiger partial charge < -0.3 is 9.64 Å². The predicted molar refractivity (Wildman–Crippen MR) is 74.4 cm³/mol. The maximum absolute atomic E-state index is 12.0. The topological polar surface area (TPSA) is 88.6 Å². The summed E-state index contributed by atoms with van der Waals surface area (Å²) in [6.45, 7) is 0. The molecule has 0 aromatic carbocycles. The van der Waals surface area contributed by atoms with Crippen LogP contribution in [0.3, 0.4) is 0 Å². The van der Waals surface area contributed by atoms with Crippen molar-refractivity contribution >= 4 is 21.6 Å². The quantitative estimate of drug-likeness (QED) is 0.864.